The quantitative estimate of drug-likeness (QED) is 0.318. The van der Waals surface area contributed by atoms with Crippen molar-refractivity contribution >= 4 is 22.8 Å². The number of ether oxygens (including phenoxy) is 1. The maximum Gasteiger partial charge on any atom is 0.349 e. The van der Waals surface area contributed by atoms with E-state index in [0.717, 1.165) is 0 Å². The van der Waals surface area contributed by atoms with E-state index >= 15 is 0 Å². The number of nitrogens with zero attached hydrogens (tertiary/aromatic N) is 3. The number of para-hydroxylation sites is 1. The zero-order valence-corrected chi connectivity index (χ0v) is 13.8. The van der Waals surface area contributed by atoms with Crippen molar-refractivity contribution < 1.29 is 9.66 Å². The van der Waals surface area contributed by atoms with Crippen LogP contribution in [-0.2, 0) is 0 Å². The van der Waals surface area contributed by atoms with Crippen molar-refractivity contribution in [1.29, 1.82) is 0 Å². The molecule has 0 radical (unpaired) electrons. The van der Waals surface area contributed by atoms with Gasteiger partial charge < -0.3 is 9.72 Å². The molecule has 1 heterocycles. The van der Waals surface area contributed by atoms with Gasteiger partial charge >= 0.3 is 11.4 Å². The summed E-state index contributed by atoms with van der Waals surface area (Å²) in [7, 11) is 0. The number of fused-ring (bicyclic) bond motifs is 1. The van der Waals surface area contributed by atoms with Crippen LogP contribution in [0.1, 0.15) is 5.56 Å². The fourth-order valence-electron chi connectivity index (χ4n) is 2.38. The first-order valence-corrected chi connectivity index (χ1v) is 7.64. The maximum absolute atomic E-state index is 12.4. The molecule has 0 fully saturated rings. The van der Waals surface area contributed by atoms with E-state index in [1.54, 1.807) is 24.3 Å². The lowest BCUT2D eigenvalue weighted by molar-refractivity contribution is -0.385. The predicted octanol–water partition coefficient (Wildman–Crippen LogP) is 1.49. The van der Waals surface area contributed by atoms with Crippen molar-refractivity contribution in [3.63, 3.8) is 0 Å². The van der Waals surface area contributed by atoms with Gasteiger partial charge in [-0.2, -0.15) is 5.10 Å². The van der Waals surface area contributed by atoms with Crippen LogP contribution >= 0.6 is 0 Å². The van der Waals surface area contributed by atoms with Gasteiger partial charge in [0.2, 0.25) is 0 Å². The normalized spacial score (nSPS) is 10.8. The number of hydrogen-bond donors (Lipinski definition) is 1. The molecule has 0 amide bonds. The summed E-state index contributed by atoms with van der Waals surface area (Å²) in [5.41, 5.74) is -0.944. The summed E-state index contributed by atoms with van der Waals surface area (Å²) in [5.74, 6) is 2.23. The number of nitro benzene ring substituents is 1. The lowest BCUT2D eigenvalue weighted by Gasteiger charge is -2.04. The maximum atomic E-state index is 12.4. The van der Waals surface area contributed by atoms with Gasteiger partial charge in [0.05, 0.1) is 22.0 Å². The van der Waals surface area contributed by atoms with Crippen molar-refractivity contribution in [2.75, 3.05) is 6.61 Å². The molecule has 0 atom stereocenters. The zero-order valence-electron chi connectivity index (χ0n) is 13.8. The second-order valence-electron chi connectivity index (χ2n) is 5.31. The summed E-state index contributed by atoms with van der Waals surface area (Å²) in [5, 5.41) is 15.3. The van der Waals surface area contributed by atoms with Crippen molar-refractivity contribution in [1.82, 2.24) is 9.66 Å². The van der Waals surface area contributed by atoms with E-state index in [1.165, 1.54) is 24.4 Å². The second kappa shape index (κ2) is 7.37. The third-order valence-electron chi connectivity index (χ3n) is 3.60. The molecule has 0 aliphatic carbocycles. The van der Waals surface area contributed by atoms with Crippen molar-refractivity contribution in [3.8, 4) is 18.1 Å². The van der Waals surface area contributed by atoms with E-state index in [4.69, 9.17) is 11.2 Å². The van der Waals surface area contributed by atoms with Gasteiger partial charge in [0.25, 0.3) is 5.56 Å². The van der Waals surface area contributed by atoms with Gasteiger partial charge in [-0.1, -0.05) is 18.1 Å². The second-order valence-corrected chi connectivity index (χ2v) is 5.31. The highest BCUT2D eigenvalue weighted by molar-refractivity contribution is 5.82. The minimum absolute atomic E-state index is 0.0100. The van der Waals surface area contributed by atoms with Crippen molar-refractivity contribution in [3.05, 3.63) is 79.0 Å². The van der Waals surface area contributed by atoms with Crippen LogP contribution in [0.25, 0.3) is 10.9 Å². The number of nitrogens with one attached hydrogen (secondary N) is 1. The summed E-state index contributed by atoms with van der Waals surface area (Å²) in [6.45, 7) is -0.115. The first-order chi connectivity index (χ1) is 13.0. The molecule has 0 aliphatic rings. The number of aromatic amines is 1. The van der Waals surface area contributed by atoms with Gasteiger partial charge in [-0.3, -0.25) is 14.9 Å². The standard InChI is InChI=1S/C18H12N4O5/c1-2-9-27-16-8-7-12(10-15(16)22(25)26)11-19-21-17(23)13-5-3-4-6-14(13)20-18(21)24/h1,3-8,10-11H,9H2,(H,20,24). The van der Waals surface area contributed by atoms with Gasteiger partial charge in [-0.25, -0.2) is 4.79 Å². The highest BCUT2D eigenvalue weighted by atomic mass is 16.6. The van der Waals surface area contributed by atoms with E-state index in [1.807, 2.05) is 0 Å². The van der Waals surface area contributed by atoms with E-state index in [0.29, 0.717) is 21.1 Å². The van der Waals surface area contributed by atoms with Crippen LogP contribution in [0, 0.1) is 22.5 Å². The first kappa shape index (κ1) is 17.6. The minimum Gasteiger partial charge on any atom is -0.474 e. The molecule has 0 unspecified atom stereocenters. The molecule has 9 nitrogen and oxygen atoms in total. The molecule has 27 heavy (non-hydrogen) atoms. The molecule has 0 spiro atoms. The van der Waals surface area contributed by atoms with Crippen LogP contribution < -0.4 is 16.0 Å². The summed E-state index contributed by atoms with van der Waals surface area (Å²) in [4.78, 5) is 37.6. The summed E-state index contributed by atoms with van der Waals surface area (Å²) in [6, 6.07) is 10.6. The number of terminal acetylenes is 1. The van der Waals surface area contributed by atoms with Gasteiger partial charge in [0.15, 0.2) is 5.75 Å². The van der Waals surface area contributed by atoms with Crippen LogP contribution in [-0.4, -0.2) is 27.4 Å². The molecule has 2 aromatic carbocycles. The van der Waals surface area contributed by atoms with Crippen LogP contribution in [0.5, 0.6) is 5.75 Å². The Bertz CT molecular complexity index is 1220. The Hall–Kier alpha value is -4.19. The molecule has 3 aromatic rings. The van der Waals surface area contributed by atoms with E-state index in [9.17, 15) is 19.7 Å². The summed E-state index contributed by atoms with van der Waals surface area (Å²) >= 11 is 0. The lowest BCUT2D eigenvalue weighted by atomic mass is 10.2. The van der Waals surface area contributed by atoms with Crippen LogP contribution in [0.4, 0.5) is 5.69 Å². The Morgan fingerprint density at radius 1 is 1.30 bits per heavy atom. The molecule has 3 rings (SSSR count). The topological polar surface area (TPSA) is 120 Å². The smallest absolute Gasteiger partial charge is 0.349 e. The summed E-state index contributed by atoms with van der Waals surface area (Å²) < 4.78 is 5.77. The largest absolute Gasteiger partial charge is 0.474 e. The Balaban J connectivity index is 2.02. The van der Waals surface area contributed by atoms with Gasteiger partial charge in [-0.05, 0) is 24.3 Å². The highest BCUT2D eigenvalue weighted by Gasteiger charge is 2.15. The molecule has 0 saturated carbocycles. The lowest BCUT2D eigenvalue weighted by Crippen LogP contribution is -2.32. The third-order valence-corrected chi connectivity index (χ3v) is 3.60. The molecule has 0 saturated heterocycles. The number of nitro groups is 1. The van der Waals surface area contributed by atoms with Crippen LogP contribution in [0.3, 0.4) is 0 Å². The Labute approximate surface area is 151 Å². The molecule has 0 bridgehead atoms. The monoisotopic (exact) mass is 364 g/mol. The van der Waals surface area contributed by atoms with E-state index < -0.39 is 16.2 Å². The Morgan fingerprint density at radius 2 is 2.07 bits per heavy atom. The van der Waals surface area contributed by atoms with Crippen molar-refractivity contribution in [2.45, 2.75) is 0 Å². The van der Waals surface area contributed by atoms with Gasteiger partial charge in [-0.15, -0.1) is 11.1 Å². The average Bonchev–Trinajstić information content (AvgIpc) is 2.66. The number of aromatic nitrogens is 2. The van der Waals surface area contributed by atoms with Gasteiger partial charge in [0, 0.05) is 11.6 Å². The van der Waals surface area contributed by atoms with E-state index in [-0.39, 0.29) is 18.0 Å². The van der Waals surface area contributed by atoms with Gasteiger partial charge in [0.1, 0.15) is 6.61 Å². The molecule has 1 aromatic heterocycles. The Morgan fingerprint density at radius 3 is 2.81 bits per heavy atom. The molecular formula is C18H12N4O5. The molecule has 9 heteroatoms. The summed E-state index contributed by atoms with van der Waals surface area (Å²) in [6.07, 6.45) is 6.25. The Kier molecular flexibility index (Phi) is 4.81. The predicted molar refractivity (Wildman–Crippen MR) is 99.2 cm³/mol. The molecular weight excluding hydrogens is 352 g/mol. The number of benzene rings is 2. The van der Waals surface area contributed by atoms with Crippen LogP contribution in [0.2, 0.25) is 0 Å². The minimum atomic E-state index is -0.724. The molecule has 1 N–H and O–H groups in total. The number of H-pyrrole nitrogens is 1. The zero-order chi connectivity index (χ0) is 19.4. The fourth-order valence-corrected chi connectivity index (χ4v) is 2.38. The van der Waals surface area contributed by atoms with Crippen molar-refractivity contribution in [2.24, 2.45) is 5.10 Å². The SMILES string of the molecule is C#CCOc1ccc(C=Nn2c(=O)[nH]c3ccccc3c2=O)cc1[N+](=O)[O-]. The number of hydrogen-bond acceptors (Lipinski definition) is 6. The number of rotatable bonds is 5. The fraction of sp³-hybridized carbons (Fsp3) is 0.0556. The first-order valence-electron chi connectivity index (χ1n) is 7.64. The molecule has 0 aliphatic heterocycles. The third kappa shape index (κ3) is 3.59. The highest BCUT2D eigenvalue weighted by Crippen LogP contribution is 2.27. The molecule has 134 valence electrons. The van der Waals surface area contributed by atoms with Crippen LogP contribution in [0.15, 0.2) is 57.2 Å². The average molecular weight is 364 g/mol. The van der Waals surface area contributed by atoms with E-state index in [2.05, 4.69) is 16.0 Å².